The van der Waals surface area contributed by atoms with E-state index < -0.39 is 0 Å². The fraction of sp³-hybridized carbons (Fsp3) is 0.500. The summed E-state index contributed by atoms with van der Waals surface area (Å²) in [6.45, 7) is 6.71. The number of piperidine rings is 1. The number of anilines is 1. The largest absolute Gasteiger partial charge is 0.445 e. The zero-order valence-electron chi connectivity index (χ0n) is 17.1. The Kier molecular flexibility index (Phi) is 5.56. The Morgan fingerprint density at radius 2 is 1.66 bits per heavy atom. The van der Waals surface area contributed by atoms with Gasteiger partial charge in [0, 0.05) is 37.8 Å². The van der Waals surface area contributed by atoms with E-state index in [9.17, 15) is 9.59 Å². The lowest BCUT2D eigenvalue weighted by Gasteiger charge is -2.30. The average molecular weight is 396 g/mol. The summed E-state index contributed by atoms with van der Waals surface area (Å²) in [4.78, 5) is 33.4. The van der Waals surface area contributed by atoms with Crippen LogP contribution >= 0.6 is 0 Å². The lowest BCUT2D eigenvalue weighted by atomic mass is 9.97. The van der Waals surface area contributed by atoms with Gasteiger partial charge in [0.05, 0.1) is 0 Å². The number of oxazole rings is 1. The van der Waals surface area contributed by atoms with Gasteiger partial charge in [0.2, 0.25) is 0 Å². The third-order valence-corrected chi connectivity index (χ3v) is 5.84. The van der Waals surface area contributed by atoms with E-state index in [1.54, 1.807) is 0 Å². The smallest absolute Gasteiger partial charge is 0.321 e. The number of hydrogen-bond donors (Lipinski definition) is 1. The monoisotopic (exact) mass is 396 g/mol. The van der Waals surface area contributed by atoms with E-state index in [4.69, 9.17) is 4.42 Å². The van der Waals surface area contributed by atoms with Crippen molar-refractivity contribution in [2.24, 2.45) is 0 Å². The normalized spacial score (nSPS) is 17.6. The molecular formula is C22H28N4O3. The maximum atomic E-state index is 12.6. The Hall–Kier alpha value is -2.83. The number of aromatic nitrogens is 1. The molecule has 1 aromatic heterocycles. The second kappa shape index (κ2) is 8.27. The molecule has 1 aromatic carbocycles. The summed E-state index contributed by atoms with van der Waals surface area (Å²) in [6, 6.07) is 7.70. The first-order chi connectivity index (χ1) is 14.0. The summed E-state index contributed by atoms with van der Waals surface area (Å²) in [6.07, 6.45) is 3.66. The number of amides is 3. The van der Waals surface area contributed by atoms with E-state index >= 15 is 0 Å². The van der Waals surface area contributed by atoms with Crippen molar-refractivity contribution in [1.82, 2.24) is 14.8 Å². The molecule has 29 heavy (non-hydrogen) atoms. The van der Waals surface area contributed by atoms with Gasteiger partial charge in [-0.05, 0) is 51.7 Å². The van der Waals surface area contributed by atoms with Gasteiger partial charge in [-0.3, -0.25) is 4.79 Å². The lowest BCUT2D eigenvalue weighted by molar-refractivity contribution is 0.0786. The minimum Gasteiger partial charge on any atom is -0.445 e. The number of nitrogens with one attached hydrogen (secondary N) is 1. The van der Waals surface area contributed by atoms with E-state index in [-0.39, 0.29) is 17.9 Å². The Labute approximate surface area is 171 Å². The number of urea groups is 1. The van der Waals surface area contributed by atoms with Crippen LogP contribution in [-0.4, -0.2) is 52.9 Å². The number of aryl methyl sites for hydroxylation is 2. The van der Waals surface area contributed by atoms with Crippen LogP contribution in [0.15, 0.2) is 28.7 Å². The molecule has 0 saturated carbocycles. The first-order valence-corrected chi connectivity index (χ1v) is 10.4. The molecule has 7 nitrogen and oxygen atoms in total. The fourth-order valence-electron chi connectivity index (χ4n) is 4.03. The Balaban J connectivity index is 1.34. The lowest BCUT2D eigenvalue weighted by Crippen LogP contribution is -2.40. The molecule has 2 aromatic rings. The highest BCUT2D eigenvalue weighted by Gasteiger charge is 2.30. The first-order valence-electron chi connectivity index (χ1n) is 10.4. The maximum absolute atomic E-state index is 12.6. The van der Waals surface area contributed by atoms with Crippen molar-refractivity contribution in [3.63, 3.8) is 0 Å². The average Bonchev–Trinajstić information content (AvgIpc) is 3.39. The predicted molar refractivity (Wildman–Crippen MR) is 110 cm³/mol. The Morgan fingerprint density at radius 1 is 1.00 bits per heavy atom. The van der Waals surface area contributed by atoms with E-state index in [1.807, 2.05) is 47.9 Å². The van der Waals surface area contributed by atoms with Crippen LogP contribution in [0.2, 0.25) is 0 Å². The molecule has 2 aliphatic rings. The van der Waals surface area contributed by atoms with E-state index in [1.165, 1.54) is 0 Å². The van der Waals surface area contributed by atoms with Crippen molar-refractivity contribution in [1.29, 1.82) is 0 Å². The van der Waals surface area contributed by atoms with Crippen LogP contribution in [-0.2, 0) is 0 Å². The standard InChI is InChI=1S/C22H28N4O3/c1-15-5-7-18(8-6-15)23-22(28)26-13-9-17(10-14-26)20-24-19(16(2)29-20)21(27)25-11-3-4-12-25/h5-8,17H,3-4,9-14H2,1-2H3,(H,23,28). The van der Waals surface area contributed by atoms with Crippen molar-refractivity contribution in [2.45, 2.75) is 45.4 Å². The molecule has 0 radical (unpaired) electrons. The van der Waals surface area contributed by atoms with Crippen molar-refractivity contribution in [3.05, 3.63) is 47.2 Å². The maximum Gasteiger partial charge on any atom is 0.321 e. The summed E-state index contributed by atoms with van der Waals surface area (Å²) >= 11 is 0. The molecule has 3 amide bonds. The number of benzene rings is 1. The van der Waals surface area contributed by atoms with Crippen LogP contribution < -0.4 is 5.32 Å². The number of likely N-dealkylation sites (tertiary alicyclic amines) is 2. The van der Waals surface area contributed by atoms with Crippen molar-refractivity contribution in [2.75, 3.05) is 31.5 Å². The number of rotatable bonds is 3. The van der Waals surface area contributed by atoms with E-state index in [2.05, 4.69) is 10.3 Å². The molecule has 0 aliphatic carbocycles. The molecule has 1 N–H and O–H groups in total. The Morgan fingerprint density at radius 3 is 2.31 bits per heavy atom. The van der Waals surface area contributed by atoms with Gasteiger partial charge < -0.3 is 19.5 Å². The van der Waals surface area contributed by atoms with Gasteiger partial charge in [-0.2, -0.15) is 0 Å². The van der Waals surface area contributed by atoms with Gasteiger partial charge in [0.1, 0.15) is 5.76 Å². The molecule has 2 fully saturated rings. The van der Waals surface area contributed by atoms with Gasteiger partial charge in [0.25, 0.3) is 5.91 Å². The highest BCUT2D eigenvalue weighted by atomic mass is 16.4. The highest BCUT2D eigenvalue weighted by Crippen LogP contribution is 2.30. The molecule has 0 unspecified atom stereocenters. The van der Waals surface area contributed by atoms with Gasteiger partial charge in [-0.25, -0.2) is 9.78 Å². The van der Waals surface area contributed by atoms with Gasteiger partial charge >= 0.3 is 6.03 Å². The molecule has 0 spiro atoms. The highest BCUT2D eigenvalue weighted by molar-refractivity contribution is 5.93. The van der Waals surface area contributed by atoms with Gasteiger partial charge in [0.15, 0.2) is 11.6 Å². The van der Waals surface area contributed by atoms with Crippen LogP contribution in [0.1, 0.15) is 59.3 Å². The summed E-state index contributed by atoms with van der Waals surface area (Å²) in [5.74, 6) is 1.34. The molecule has 0 bridgehead atoms. The molecule has 154 valence electrons. The summed E-state index contributed by atoms with van der Waals surface area (Å²) in [5, 5.41) is 2.95. The molecule has 4 rings (SSSR count). The van der Waals surface area contributed by atoms with E-state index in [0.29, 0.717) is 30.4 Å². The van der Waals surface area contributed by atoms with Gasteiger partial charge in [-0.1, -0.05) is 17.7 Å². The minimum atomic E-state index is -0.0826. The molecule has 7 heteroatoms. The molecular weight excluding hydrogens is 368 g/mol. The SMILES string of the molecule is Cc1ccc(NC(=O)N2CCC(c3nc(C(=O)N4CCCC4)c(C)o3)CC2)cc1. The van der Waals surface area contributed by atoms with Crippen LogP contribution in [0.5, 0.6) is 0 Å². The van der Waals surface area contributed by atoms with Crippen LogP contribution in [0.3, 0.4) is 0 Å². The Bertz CT molecular complexity index is 876. The third-order valence-electron chi connectivity index (χ3n) is 5.84. The third kappa shape index (κ3) is 4.28. The quantitative estimate of drug-likeness (QED) is 0.852. The fourth-order valence-corrected chi connectivity index (χ4v) is 4.03. The summed E-state index contributed by atoms with van der Waals surface area (Å²) in [7, 11) is 0. The van der Waals surface area contributed by atoms with Crippen molar-refractivity contribution >= 4 is 17.6 Å². The molecule has 2 aliphatic heterocycles. The number of hydrogen-bond acceptors (Lipinski definition) is 4. The topological polar surface area (TPSA) is 78.7 Å². The van der Waals surface area contributed by atoms with Crippen LogP contribution in [0.25, 0.3) is 0 Å². The predicted octanol–water partition coefficient (Wildman–Crippen LogP) is 3.94. The van der Waals surface area contributed by atoms with Crippen LogP contribution in [0, 0.1) is 13.8 Å². The molecule has 3 heterocycles. The second-order valence-corrected chi connectivity index (χ2v) is 8.01. The zero-order chi connectivity index (χ0) is 20.4. The summed E-state index contributed by atoms with van der Waals surface area (Å²) < 4.78 is 5.86. The second-order valence-electron chi connectivity index (χ2n) is 8.01. The molecule has 2 saturated heterocycles. The number of nitrogens with zero attached hydrogens (tertiary/aromatic N) is 3. The summed E-state index contributed by atoms with van der Waals surface area (Å²) in [5.41, 5.74) is 2.41. The van der Waals surface area contributed by atoms with Gasteiger partial charge in [-0.15, -0.1) is 0 Å². The molecule has 0 atom stereocenters. The van der Waals surface area contributed by atoms with Crippen molar-refractivity contribution < 1.29 is 14.0 Å². The number of carbonyl (C=O) groups excluding carboxylic acids is 2. The first kappa shape index (κ1) is 19.5. The van der Waals surface area contributed by atoms with E-state index in [0.717, 1.165) is 50.0 Å². The minimum absolute atomic E-state index is 0.0232. The number of carbonyl (C=O) groups is 2. The van der Waals surface area contributed by atoms with Crippen molar-refractivity contribution in [3.8, 4) is 0 Å². The van der Waals surface area contributed by atoms with Crippen LogP contribution in [0.4, 0.5) is 10.5 Å². The zero-order valence-corrected chi connectivity index (χ0v) is 17.1.